The van der Waals surface area contributed by atoms with E-state index in [1.54, 1.807) is 0 Å². The molecule has 2 atom stereocenters. The normalized spacial score (nSPS) is 22.3. The molecule has 4 nitrogen and oxygen atoms in total. The van der Waals surface area contributed by atoms with Crippen LogP contribution in [0.15, 0.2) is 41.7 Å². The lowest BCUT2D eigenvalue weighted by Crippen LogP contribution is -2.41. The average molecular weight is 261 g/mol. The number of aliphatic hydroxyl groups is 1. The fourth-order valence-corrected chi connectivity index (χ4v) is 2.61. The molecule has 0 aliphatic carbocycles. The van der Waals surface area contributed by atoms with Crippen LogP contribution in [-0.4, -0.2) is 33.7 Å². The summed E-state index contributed by atoms with van der Waals surface area (Å²) >= 11 is 0. The lowest BCUT2D eigenvalue weighted by molar-refractivity contribution is -0.133. The van der Waals surface area contributed by atoms with Gasteiger partial charge in [0, 0.05) is 12.1 Å². The number of aliphatic hydroxyl groups excluding tert-OH is 1. The molecule has 19 heavy (non-hydrogen) atoms. The fourth-order valence-electron chi connectivity index (χ4n) is 2.61. The molecule has 1 heterocycles. The molecule has 1 aliphatic rings. The molecule has 1 unspecified atom stereocenters. The second-order valence-electron chi connectivity index (χ2n) is 5.04. The summed E-state index contributed by atoms with van der Waals surface area (Å²) in [6.45, 7) is 4.36. The van der Waals surface area contributed by atoms with E-state index in [4.69, 9.17) is 5.11 Å². The van der Waals surface area contributed by atoms with Crippen molar-refractivity contribution in [1.82, 2.24) is 4.90 Å². The summed E-state index contributed by atoms with van der Waals surface area (Å²) in [7, 11) is 0. The molecule has 4 heteroatoms. The Hall–Kier alpha value is -1.81. The minimum atomic E-state index is -1.02. The lowest BCUT2D eigenvalue weighted by atomic mass is 9.96. The van der Waals surface area contributed by atoms with Gasteiger partial charge in [-0.2, -0.15) is 0 Å². The first-order valence-corrected chi connectivity index (χ1v) is 6.45. The highest BCUT2D eigenvalue weighted by Crippen LogP contribution is 2.30. The predicted molar refractivity (Wildman–Crippen MR) is 72.9 cm³/mol. The number of carbonyl (C=O) groups is 1. The summed E-state index contributed by atoms with van der Waals surface area (Å²) in [5, 5.41) is 18.9. The molecule has 0 spiro atoms. The van der Waals surface area contributed by atoms with Crippen molar-refractivity contribution in [3.05, 3.63) is 47.2 Å². The smallest absolute Gasteiger partial charge is 0.335 e. The number of hydrogen-bond donors (Lipinski definition) is 2. The van der Waals surface area contributed by atoms with E-state index in [2.05, 4.69) is 11.8 Å². The number of nitrogens with zero attached hydrogens (tertiary/aromatic N) is 1. The Kier molecular flexibility index (Phi) is 3.90. The lowest BCUT2D eigenvalue weighted by Gasteiger charge is -2.38. The number of benzene rings is 1. The average Bonchev–Trinajstić information content (AvgIpc) is 2.41. The van der Waals surface area contributed by atoms with Crippen LogP contribution in [0.2, 0.25) is 0 Å². The Labute approximate surface area is 113 Å². The fraction of sp³-hybridized carbons (Fsp3) is 0.400. The van der Waals surface area contributed by atoms with Gasteiger partial charge < -0.3 is 10.2 Å². The van der Waals surface area contributed by atoms with Gasteiger partial charge in [0.05, 0.1) is 12.1 Å². The summed E-state index contributed by atoms with van der Waals surface area (Å²) in [6.07, 6.45) is 0.373. The van der Waals surface area contributed by atoms with Crippen molar-refractivity contribution in [3.63, 3.8) is 0 Å². The zero-order chi connectivity index (χ0) is 14.0. The van der Waals surface area contributed by atoms with Crippen molar-refractivity contribution in [3.8, 4) is 0 Å². The van der Waals surface area contributed by atoms with Crippen molar-refractivity contribution in [2.75, 3.05) is 6.54 Å². The number of carboxylic acids is 1. The molecule has 0 fully saturated rings. The molecule has 2 N–H and O–H groups in total. The number of hydrogen-bond acceptors (Lipinski definition) is 3. The summed E-state index contributed by atoms with van der Waals surface area (Å²) < 4.78 is 0. The summed E-state index contributed by atoms with van der Waals surface area (Å²) in [5.74, 6) is -1.04. The molecule has 0 amide bonds. The highest BCUT2D eigenvalue weighted by atomic mass is 16.4. The Bertz CT molecular complexity index is 495. The second-order valence-corrected chi connectivity index (χ2v) is 5.04. The van der Waals surface area contributed by atoms with Crippen LogP contribution in [0.5, 0.6) is 0 Å². The Morgan fingerprint density at radius 3 is 2.58 bits per heavy atom. The molecule has 1 aromatic carbocycles. The van der Waals surface area contributed by atoms with Crippen molar-refractivity contribution >= 4 is 5.97 Å². The van der Waals surface area contributed by atoms with Crippen molar-refractivity contribution in [2.45, 2.75) is 32.4 Å². The summed E-state index contributed by atoms with van der Waals surface area (Å²) in [5.41, 5.74) is 1.31. The molecule has 0 saturated carbocycles. The van der Waals surface area contributed by atoms with Crippen LogP contribution in [0.4, 0.5) is 0 Å². The van der Waals surface area contributed by atoms with Crippen LogP contribution in [0.25, 0.3) is 0 Å². The van der Waals surface area contributed by atoms with Crippen LogP contribution in [0, 0.1) is 0 Å². The first-order chi connectivity index (χ1) is 9.00. The number of rotatable bonds is 3. The number of carboxylic acid groups (broad SMARTS) is 1. The van der Waals surface area contributed by atoms with Crippen LogP contribution in [-0.2, 0) is 4.79 Å². The van der Waals surface area contributed by atoms with Crippen LogP contribution in [0.3, 0.4) is 0 Å². The van der Waals surface area contributed by atoms with Gasteiger partial charge in [0.1, 0.15) is 5.76 Å². The maximum Gasteiger partial charge on any atom is 0.335 e. The van der Waals surface area contributed by atoms with Crippen LogP contribution < -0.4 is 0 Å². The van der Waals surface area contributed by atoms with E-state index in [1.807, 2.05) is 37.3 Å². The quantitative estimate of drug-likeness (QED) is 0.878. The van der Waals surface area contributed by atoms with Crippen molar-refractivity contribution in [2.24, 2.45) is 0 Å². The van der Waals surface area contributed by atoms with Crippen LogP contribution >= 0.6 is 0 Å². The first kappa shape index (κ1) is 13.6. The van der Waals surface area contributed by atoms with E-state index in [9.17, 15) is 9.90 Å². The highest BCUT2D eigenvalue weighted by molar-refractivity contribution is 5.87. The van der Waals surface area contributed by atoms with E-state index in [0.717, 1.165) is 0 Å². The molecule has 1 aromatic rings. The second kappa shape index (κ2) is 5.45. The zero-order valence-corrected chi connectivity index (χ0v) is 11.2. The minimum absolute atomic E-state index is 0.0200. The van der Waals surface area contributed by atoms with E-state index in [0.29, 0.717) is 13.0 Å². The zero-order valence-electron chi connectivity index (χ0n) is 11.2. The van der Waals surface area contributed by atoms with Gasteiger partial charge in [0.25, 0.3) is 0 Å². The largest absolute Gasteiger partial charge is 0.510 e. The van der Waals surface area contributed by atoms with Gasteiger partial charge in [0.15, 0.2) is 0 Å². The molecule has 102 valence electrons. The Balaban J connectivity index is 2.21. The number of aliphatic carboxylic acids is 1. The van der Waals surface area contributed by atoms with Gasteiger partial charge >= 0.3 is 5.97 Å². The third kappa shape index (κ3) is 2.79. The van der Waals surface area contributed by atoms with E-state index < -0.39 is 5.97 Å². The molecule has 0 saturated heterocycles. The maximum atomic E-state index is 11.0. The third-order valence-electron chi connectivity index (χ3n) is 3.78. The molecule has 1 aliphatic heterocycles. The highest BCUT2D eigenvalue weighted by Gasteiger charge is 2.31. The topological polar surface area (TPSA) is 60.8 Å². The molecular weight excluding hydrogens is 242 g/mol. The van der Waals surface area contributed by atoms with Gasteiger partial charge in [-0.1, -0.05) is 30.3 Å². The van der Waals surface area contributed by atoms with Gasteiger partial charge in [0.2, 0.25) is 0 Å². The van der Waals surface area contributed by atoms with Crippen molar-refractivity contribution in [1.29, 1.82) is 0 Å². The molecule has 0 aromatic heterocycles. The van der Waals surface area contributed by atoms with Gasteiger partial charge in [-0.15, -0.1) is 0 Å². The maximum absolute atomic E-state index is 11.0. The Morgan fingerprint density at radius 2 is 2.00 bits per heavy atom. The predicted octanol–water partition coefficient (Wildman–Crippen LogP) is 2.74. The minimum Gasteiger partial charge on any atom is -0.510 e. The van der Waals surface area contributed by atoms with Gasteiger partial charge in [-0.25, -0.2) is 4.79 Å². The van der Waals surface area contributed by atoms with E-state index in [1.165, 1.54) is 5.56 Å². The van der Waals surface area contributed by atoms with Crippen LogP contribution in [0.1, 0.15) is 31.9 Å². The third-order valence-corrected chi connectivity index (χ3v) is 3.78. The van der Waals surface area contributed by atoms with E-state index in [-0.39, 0.29) is 23.4 Å². The van der Waals surface area contributed by atoms with Gasteiger partial charge in [-0.05, 0) is 25.8 Å². The monoisotopic (exact) mass is 261 g/mol. The molecule has 0 radical (unpaired) electrons. The summed E-state index contributed by atoms with van der Waals surface area (Å²) in [4.78, 5) is 13.1. The molecule has 0 bridgehead atoms. The standard InChI is InChI=1S/C15H19NO3/c1-10-8-13(15(18)19)14(17)9-16(10)11(2)12-6-4-3-5-7-12/h3-7,10-11,17H,8-9H2,1-2H3,(H,18,19)/t10?,11-/m0/s1. The molecule has 2 rings (SSSR count). The Morgan fingerprint density at radius 1 is 1.37 bits per heavy atom. The summed E-state index contributed by atoms with van der Waals surface area (Å²) in [6, 6.07) is 10.3. The van der Waals surface area contributed by atoms with E-state index >= 15 is 0 Å². The molecular formula is C15H19NO3. The SMILES string of the molecule is CC1CC(C(=O)O)=C(O)CN1[C@@H](C)c1ccccc1. The van der Waals surface area contributed by atoms with Gasteiger partial charge in [-0.3, -0.25) is 4.90 Å². The van der Waals surface area contributed by atoms with Crippen molar-refractivity contribution < 1.29 is 15.0 Å². The first-order valence-electron chi connectivity index (χ1n) is 6.45.